The third kappa shape index (κ3) is 2.43. The molecule has 0 aromatic heterocycles. The Hall–Kier alpha value is -0.540. The lowest BCUT2D eigenvalue weighted by Gasteiger charge is -2.32. The van der Waals surface area contributed by atoms with Crippen molar-refractivity contribution in [1.82, 2.24) is 5.32 Å². The Balaban J connectivity index is 1.92. The van der Waals surface area contributed by atoms with Gasteiger partial charge in [0.05, 0.1) is 5.69 Å². The number of nitrogens with one attached hydrogen (secondary N) is 1. The molecule has 0 bridgehead atoms. The highest BCUT2D eigenvalue weighted by molar-refractivity contribution is 9.10. The van der Waals surface area contributed by atoms with Gasteiger partial charge in [-0.15, -0.1) is 0 Å². The molecule has 1 aromatic carbocycles. The molecule has 1 saturated carbocycles. The van der Waals surface area contributed by atoms with Gasteiger partial charge in [0.1, 0.15) is 0 Å². The van der Waals surface area contributed by atoms with E-state index in [1.807, 2.05) is 0 Å². The smallest absolute Gasteiger partial charge is 0.0511 e. The van der Waals surface area contributed by atoms with E-state index in [4.69, 9.17) is 0 Å². The molecule has 3 heteroatoms. The van der Waals surface area contributed by atoms with Crippen molar-refractivity contribution >= 4 is 21.6 Å². The van der Waals surface area contributed by atoms with Gasteiger partial charge in [-0.05, 0) is 54.8 Å². The fourth-order valence-electron chi connectivity index (χ4n) is 2.87. The van der Waals surface area contributed by atoms with E-state index in [-0.39, 0.29) is 5.54 Å². The highest BCUT2D eigenvalue weighted by Gasteiger charge is 2.47. The number of halogens is 1. The van der Waals surface area contributed by atoms with Gasteiger partial charge in [-0.1, -0.05) is 12.1 Å². The number of benzene rings is 1. The molecule has 2 fully saturated rings. The third-order valence-corrected chi connectivity index (χ3v) is 4.88. The number of hydrogen-bond donors (Lipinski definition) is 1. The second-order valence-electron chi connectivity index (χ2n) is 6.54. The van der Waals surface area contributed by atoms with Crippen molar-refractivity contribution in [1.29, 1.82) is 0 Å². The first-order valence-electron chi connectivity index (χ1n) is 6.74. The normalized spacial score (nSPS) is 24.9. The lowest BCUT2D eigenvalue weighted by Crippen LogP contribution is -2.46. The van der Waals surface area contributed by atoms with Gasteiger partial charge in [0, 0.05) is 35.1 Å². The van der Waals surface area contributed by atoms with E-state index in [1.54, 1.807) is 0 Å². The predicted molar refractivity (Wildman–Crippen MR) is 80.1 cm³/mol. The molecule has 0 radical (unpaired) electrons. The summed E-state index contributed by atoms with van der Waals surface area (Å²) in [4.78, 5) is 2.55. The summed E-state index contributed by atoms with van der Waals surface area (Å²) < 4.78 is 1.21. The largest absolute Gasteiger partial charge is 0.368 e. The summed E-state index contributed by atoms with van der Waals surface area (Å²) in [7, 11) is 0. The second kappa shape index (κ2) is 4.24. The van der Waals surface area contributed by atoms with Crippen molar-refractivity contribution in [3.63, 3.8) is 0 Å². The standard InChI is InChI=1S/C15H21BrN2/c1-14(2)10-18(11-15(7-8-15)9-17-14)13-6-4-3-5-12(13)16/h3-6,17H,7-11H2,1-2H3. The van der Waals surface area contributed by atoms with Crippen LogP contribution in [0.2, 0.25) is 0 Å². The van der Waals surface area contributed by atoms with Crippen molar-refractivity contribution < 1.29 is 0 Å². The molecule has 1 aliphatic heterocycles. The summed E-state index contributed by atoms with van der Waals surface area (Å²) in [5.74, 6) is 0. The molecule has 2 aliphatic rings. The maximum Gasteiger partial charge on any atom is 0.0511 e. The molecule has 0 unspecified atom stereocenters. The zero-order valence-electron chi connectivity index (χ0n) is 11.2. The Morgan fingerprint density at radius 2 is 1.89 bits per heavy atom. The molecule has 1 spiro atoms. The molecule has 1 saturated heterocycles. The lowest BCUT2D eigenvalue weighted by molar-refractivity contribution is 0.389. The van der Waals surface area contributed by atoms with E-state index in [1.165, 1.54) is 36.1 Å². The van der Waals surface area contributed by atoms with Gasteiger partial charge < -0.3 is 10.2 Å². The van der Waals surface area contributed by atoms with Crippen molar-refractivity contribution in [2.75, 3.05) is 24.5 Å². The van der Waals surface area contributed by atoms with Crippen LogP contribution >= 0.6 is 15.9 Å². The fraction of sp³-hybridized carbons (Fsp3) is 0.600. The van der Waals surface area contributed by atoms with E-state index in [0.717, 1.165) is 6.54 Å². The molecule has 1 N–H and O–H groups in total. The molecule has 98 valence electrons. The number of nitrogens with zero attached hydrogens (tertiary/aromatic N) is 1. The third-order valence-electron chi connectivity index (χ3n) is 4.20. The first-order valence-corrected chi connectivity index (χ1v) is 7.54. The molecule has 1 heterocycles. The van der Waals surface area contributed by atoms with Crippen LogP contribution in [-0.4, -0.2) is 25.2 Å². The van der Waals surface area contributed by atoms with Crippen LogP contribution in [0.15, 0.2) is 28.7 Å². The maximum atomic E-state index is 3.74. The Bertz CT molecular complexity index is 444. The van der Waals surface area contributed by atoms with Crippen molar-refractivity contribution in [2.45, 2.75) is 32.2 Å². The maximum absolute atomic E-state index is 3.74. The predicted octanol–water partition coefficient (Wildman–Crippen LogP) is 3.42. The van der Waals surface area contributed by atoms with Crippen LogP contribution in [0.25, 0.3) is 0 Å². The lowest BCUT2D eigenvalue weighted by atomic mass is 10.1. The topological polar surface area (TPSA) is 15.3 Å². The summed E-state index contributed by atoms with van der Waals surface area (Å²) in [6.45, 7) is 8.03. The fourth-order valence-corrected chi connectivity index (χ4v) is 3.40. The molecule has 1 aliphatic carbocycles. The van der Waals surface area contributed by atoms with Gasteiger partial charge in [-0.2, -0.15) is 0 Å². The molecule has 3 rings (SSSR count). The number of rotatable bonds is 1. The molecular weight excluding hydrogens is 288 g/mol. The zero-order valence-corrected chi connectivity index (χ0v) is 12.8. The first kappa shape index (κ1) is 12.5. The number of anilines is 1. The minimum Gasteiger partial charge on any atom is -0.368 e. The van der Waals surface area contributed by atoms with E-state index in [9.17, 15) is 0 Å². The highest BCUT2D eigenvalue weighted by Crippen LogP contribution is 2.48. The summed E-state index contributed by atoms with van der Waals surface area (Å²) in [6.07, 6.45) is 2.74. The van der Waals surface area contributed by atoms with Gasteiger partial charge in [-0.25, -0.2) is 0 Å². The van der Waals surface area contributed by atoms with Crippen LogP contribution in [0.1, 0.15) is 26.7 Å². The molecule has 18 heavy (non-hydrogen) atoms. The minimum atomic E-state index is 0.182. The molecular formula is C15H21BrN2. The number of para-hydroxylation sites is 1. The van der Waals surface area contributed by atoms with E-state index in [0.29, 0.717) is 5.41 Å². The van der Waals surface area contributed by atoms with Crippen molar-refractivity contribution in [2.24, 2.45) is 5.41 Å². The van der Waals surface area contributed by atoms with E-state index >= 15 is 0 Å². The SMILES string of the molecule is CC1(C)CN(c2ccccc2Br)CC2(CC2)CN1. The average molecular weight is 309 g/mol. The van der Waals surface area contributed by atoms with Gasteiger partial charge in [0.25, 0.3) is 0 Å². The Morgan fingerprint density at radius 1 is 1.17 bits per heavy atom. The van der Waals surface area contributed by atoms with Gasteiger partial charge in [-0.3, -0.25) is 0 Å². The summed E-state index contributed by atoms with van der Waals surface area (Å²) >= 11 is 3.69. The van der Waals surface area contributed by atoms with Gasteiger partial charge in [0.15, 0.2) is 0 Å². The average Bonchev–Trinajstić information content (AvgIpc) is 3.08. The summed E-state index contributed by atoms with van der Waals surface area (Å²) in [5, 5.41) is 3.74. The molecule has 0 atom stereocenters. The van der Waals surface area contributed by atoms with Gasteiger partial charge in [0.2, 0.25) is 0 Å². The second-order valence-corrected chi connectivity index (χ2v) is 7.40. The first-order chi connectivity index (χ1) is 8.50. The molecule has 2 nitrogen and oxygen atoms in total. The Labute approximate surface area is 118 Å². The molecule has 0 amide bonds. The Kier molecular flexibility index (Phi) is 2.94. The quantitative estimate of drug-likeness (QED) is 0.855. The highest BCUT2D eigenvalue weighted by atomic mass is 79.9. The summed E-state index contributed by atoms with van der Waals surface area (Å²) in [5.41, 5.74) is 2.05. The summed E-state index contributed by atoms with van der Waals surface area (Å²) in [6, 6.07) is 8.58. The van der Waals surface area contributed by atoms with E-state index < -0.39 is 0 Å². The van der Waals surface area contributed by atoms with Crippen molar-refractivity contribution in [3.05, 3.63) is 28.7 Å². The van der Waals surface area contributed by atoms with E-state index in [2.05, 4.69) is 64.3 Å². The van der Waals surface area contributed by atoms with Crippen LogP contribution in [0.3, 0.4) is 0 Å². The van der Waals surface area contributed by atoms with Crippen LogP contribution in [0.5, 0.6) is 0 Å². The van der Waals surface area contributed by atoms with Crippen LogP contribution in [0.4, 0.5) is 5.69 Å². The molecule has 1 aromatic rings. The Morgan fingerprint density at radius 3 is 2.56 bits per heavy atom. The van der Waals surface area contributed by atoms with Crippen LogP contribution in [0, 0.1) is 5.41 Å². The van der Waals surface area contributed by atoms with Crippen LogP contribution < -0.4 is 10.2 Å². The van der Waals surface area contributed by atoms with Gasteiger partial charge >= 0.3 is 0 Å². The monoisotopic (exact) mass is 308 g/mol. The van der Waals surface area contributed by atoms with Crippen LogP contribution in [-0.2, 0) is 0 Å². The minimum absolute atomic E-state index is 0.182. The number of hydrogen-bond acceptors (Lipinski definition) is 2. The zero-order chi connectivity index (χ0) is 12.8. The van der Waals surface area contributed by atoms with Crippen molar-refractivity contribution in [3.8, 4) is 0 Å².